The second kappa shape index (κ2) is 16.3. The van der Waals surface area contributed by atoms with Crippen LogP contribution in [0.3, 0.4) is 0 Å². The lowest BCUT2D eigenvalue weighted by Crippen LogP contribution is -2.49. The number of unbranched alkanes of at least 4 members (excludes halogenated alkanes) is 2. The molecule has 0 spiro atoms. The summed E-state index contributed by atoms with van der Waals surface area (Å²) in [5.41, 5.74) is 0. The zero-order valence-corrected chi connectivity index (χ0v) is 22.6. The van der Waals surface area contributed by atoms with Crippen molar-refractivity contribution >= 4 is 0 Å². The normalized spacial score (nSPS) is 26.1. The summed E-state index contributed by atoms with van der Waals surface area (Å²) in [5.74, 6) is 4.74. The fourth-order valence-corrected chi connectivity index (χ4v) is 6.38. The second-order valence-electron chi connectivity index (χ2n) is 11.9. The average molecular weight is 434 g/mol. The van der Waals surface area contributed by atoms with Crippen LogP contribution in [0.25, 0.3) is 0 Å². The molecule has 0 aromatic rings. The van der Waals surface area contributed by atoms with Gasteiger partial charge in [-0.05, 0) is 61.2 Å². The number of nitrogens with one attached hydrogen (secondary N) is 1. The fourth-order valence-electron chi connectivity index (χ4n) is 6.38. The summed E-state index contributed by atoms with van der Waals surface area (Å²) in [5, 5.41) is 4.29. The molecule has 0 bridgehead atoms. The molecule has 0 aromatic carbocycles. The predicted octanol–water partition coefficient (Wildman–Crippen LogP) is 9.42. The van der Waals surface area contributed by atoms with Gasteiger partial charge in [-0.15, -0.1) is 6.58 Å². The van der Waals surface area contributed by atoms with Crippen LogP contribution in [-0.2, 0) is 0 Å². The van der Waals surface area contributed by atoms with Gasteiger partial charge in [-0.2, -0.15) is 0 Å². The van der Waals surface area contributed by atoms with E-state index in [0.717, 1.165) is 41.9 Å². The molecular formula is C30H59N. The quantitative estimate of drug-likeness (QED) is 0.239. The smallest absolute Gasteiger partial charge is 0.0106 e. The van der Waals surface area contributed by atoms with Crippen LogP contribution < -0.4 is 5.32 Å². The standard InChI is InChI=1S/C30H59N/c1-9-11-14-18-26-19-15-12-13-16-20-27(17-10-2)31-29(22-26)30(25(7)8)28(24(5)6)21-23(3)4/h10,23-31H,2,9,11-22H2,1,3-8H3. The molecule has 1 fully saturated rings. The molecule has 1 aliphatic heterocycles. The van der Waals surface area contributed by atoms with Crippen molar-refractivity contribution in [3.8, 4) is 0 Å². The van der Waals surface area contributed by atoms with E-state index in [-0.39, 0.29) is 0 Å². The summed E-state index contributed by atoms with van der Waals surface area (Å²) in [6, 6.07) is 1.27. The summed E-state index contributed by atoms with van der Waals surface area (Å²) >= 11 is 0. The molecule has 0 radical (unpaired) electrons. The highest BCUT2D eigenvalue weighted by atomic mass is 15.0. The Balaban J connectivity index is 3.20. The van der Waals surface area contributed by atoms with Crippen LogP contribution in [-0.4, -0.2) is 12.1 Å². The highest BCUT2D eigenvalue weighted by Crippen LogP contribution is 2.38. The molecule has 184 valence electrons. The van der Waals surface area contributed by atoms with Crippen molar-refractivity contribution < 1.29 is 0 Å². The second-order valence-corrected chi connectivity index (χ2v) is 11.9. The average Bonchev–Trinajstić information content (AvgIpc) is 2.72. The van der Waals surface area contributed by atoms with Gasteiger partial charge < -0.3 is 5.32 Å². The lowest BCUT2D eigenvalue weighted by molar-refractivity contribution is 0.101. The summed E-state index contributed by atoms with van der Waals surface area (Å²) in [6.07, 6.45) is 20.1. The third-order valence-corrected chi connectivity index (χ3v) is 7.95. The van der Waals surface area contributed by atoms with E-state index in [0.29, 0.717) is 12.1 Å². The van der Waals surface area contributed by atoms with Gasteiger partial charge in [-0.1, -0.05) is 112 Å². The van der Waals surface area contributed by atoms with E-state index in [1.54, 1.807) is 0 Å². The Morgan fingerprint density at radius 1 is 0.903 bits per heavy atom. The molecule has 1 heteroatoms. The molecule has 5 unspecified atom stereocenters. The predicted molar refractivity (Wildman–Crippen MR) is 142 cm³/mol. The van der Waals surface area contributed by atoms with Crippen LogP contribution in [0.4, 0.5) is 0 Å². The molecule has 0 aliphatic carbocycles. The monoisotopic (exact) mass is 433 g/mol. The van der Waals surface area contributed by atoms with Crippen LogP contribution >= 0.6 is 0 Å². The Kier molecular flexibility index (Phi) is 15.1. The van der Waals surface area contributed by atoms with Gasteiger partial charge in [0.05, 0.1) is 0 Å². The van der Waals surface area contributed by atoms with E-state index >= 15 is 0 Å². The SMILES string of the molecule is C=CCC1CCCCCCC(CCCCC)CC(C(C(C)C)C(CC(C)C)C(C)C)N1. The van der Waals surface area contributed by atoms with E-state index in [1.165, 1.54) is 77.0 Å². The first-order chi connectivity index (χ1) is 14.8. The molecule has 1 rings (SSSR count). The van der Waals surface area contributed by atoms with E-state index in [2.05, 4.69) is 66.4 Å². The minimum absolute atomic E-state index is 0.616. The minimum atomic E-state index is 0.616. The Labute approximate surface area is 197 Å². The molecule has 0 aromatic heterocycles. The van der Waals surface area contributed by atoms with Gasteiger partial charge in [0.15, 0.2) is 0 Å². The summed E-state index contributed by atoms with van der Waals surface area (Å²) < 4.78 is 0. The summed E-state index contributed by atoms with van der Waals surface area (Å²) in [7, 11) is 0. The van der Waals surface area contributed by atoms with Gasteiger partial charge in [0, 0.05) is 12.1 Å². The molecule has 1 nitrogen and oxygen atoms in total. The molecule has 31 heavy (non-hydrogen) atoms. The topological polar surface area (TPSA) is 12.0 Å². The molecule has 0 amide bonds. The fraction of sp³-hybridized carbons (Fsp3) is 0.933. The maximum Gasteiger partial charge on any atom is 0.0106 e. The van der Waals surface area contributed by atoms with Crippen LogP contribution in [0.15, 0.2) is 12.7 Å². The largest absolute Gasteiger partial charge is 0.311 e. The number of hydrogen-bond acceptors (Lipinski definition) is 1. The maximum absolute atomic E-state index is 4.29. The van der Waals surface area contributed by atoms with Crippen molar-refractivity contribution in [3.05, 3.63) is 12.7 Å². The molecular weight excluding hydrogens is 374 g/mol. The van der Waals surface area contributed by atoms with Gasteiger partial charge in [0.2, 0.25) is 0 Å². The zero-order valence-electron chi connectivity index (χ0n) is 22.6. The first-order valence-electron chi connectivity index (χ1n) is 14.2. The van der Waals surface area contributed by atoms with Gasteiger partial charge in [-0.3, -0.25) is 0 Å². The third kappa shape index (κ3) is 11.4. The summed E-state index contributed by atoms with van der Waals surface area (Å²) in [4.78, 5) is 0. The van der Waals surface area contributed by atoms with Crippen molar-refractivity contribution in [1.82, 2.24) is 5.32 Å². The minimum Gasteiger partial charge on any atom is -0.311 e. The molecule has 1 N–H and O–H groups in total. The van der Waals surface area contributed by atoms with Crippen molar-refractivity contribution in [2.24, 2.45) is 35.5 Å². The number of rotatable bonds is 12. The molecule has 1 heterocycles. The van der Waals surface area contributed by atoms with Crippen LogP contribution in [0.5, 0.6) is 0 Å². The van der Waals surface area contributed by atoms with Gasteiger partial charge in [0.25, 0.3) is 0 Å². The van der Waals surface area contributed by atoms with Gasteiger partial charge >= 0.3 is 0 Å². The van der Waals surface area contributed by atoms with Crippen LogP contribution in [0.1, 0.15) is 132 Å². The maximum atomic E-state index is 4.29. The lowest BCUT2D eigenvalue weighted by Gasteiger charge is -2.43. The highest BCUT2D eigenvalue weighted by Gasteiger charge is 2.36. The molecule has 1 saturated heterocycles. The first kappa shape index (κ1) is 28.7. The highest BCUT2D eigenvalue weighted by molar-refractivity contribution is 4.91. The van der Waals surface area contributed by atoms with Crippen LogP contribution in [0, 0.1) is 35.5 Å². The first-order valence-corrected chi connectivity index (χ1v) is 14.2. The van der Waals surface area contributed by atoms with Crippen LogP contribution in [0.2, 0.25) is 0 Å². The van der Waals surface area contributed by atoms with E-state index in [1.807, 2.05) is 0 Å². The lowest BCUT2D eigenvalue weighted by atomic mass is 9.68. The van der Waals surface area contributed by atoms with E-state index < -0.39 is 0 Å². The van der Waals surface area contributed by atoms with Gasteiger partial charge in [-0.25, -0.2) is 0 Å². The Morgan fingerprint density at radius 3 is 2.13 bits per heavy atom. The summed E-state index contributed by atoms with van der Waals surface area (Å²) in [6.45, 7) is 21.3. The molecule has 0 saturated carbocycles. The Morgan fingerprint density at radius 2 is 1.58 bits per heavy atom. The van der Waals surface area contributed by atoms with Gasteiger partial charge in [0.1, 0.15) is 0 Å². The van der Waals surface area contributed by atoms with Crippen molar-refractivity contribution in [2.75, 3.05) is 0 Å². The van der Waals surface area contributed by atoms with E-state index in [9.17, 15) is 0 Å². The molecule has 1 aliphatic rings. The molecule has 5 atom stereocenters. The van der Waals surface area contributed by atoms with Crippen molar-refractivity contribution in [1.29, 1.82) is 0 Å². The number of hydrogen-bond donors (Lipinski definition) is 1. The Hall–Kier alpha value is -0.300. The van der Waals surface area contributed by atoms with Crippen molar-refractivity contribution in [2.45, 2.75) is 144 Å². The third-order valence-electron chi connectivity index (χ3n) is 7.95. The Bertz CT molecular complexity index is 438. The van der Waals surface area contributed by atoms with E-state index in [4.69, 9.17) is 0 Å². The van der Waals surface area contributed by atoms with Crippen molar-refractivity contribution in [3.63, 3.8) is 0 Å². The zero-order chi connectivity index (χ0) is 23.2.